The summed E-state index contributed by atoms with van der Waals surface area (Å²) in [6.45, 7) is -0.338. The van der Waals surface area contributed by atoms with E-state index in [1.807, 2.05) is 11.8 Å². The third-order valence-electron chi connectivity index (χ3n) is 2.88. The molecule has 1 heterocycles. The number of alkyl halides is 3. The van der Waals surface area contributed by atoms with Crippen molar-refractivity contribution in [3.8, 4) is 5.75 Å². The molecule has 0 aromatic heterocycles. The molecule has 0 aliphatic carbocycles. The summed E-state index contributed by atoms with van der Waals surface area (Å²) in [5, 5.41) is 3.30. The van der Waals surface area contributed by atoms with Gasteiger partial charge in [-0.15, -0.1) is 0 Å². The molecule has 2 nitrogen and oxygen atoms in total. The second-order valence-electron chi connectivity index (χ2n) is 4.54. The van der Waals surface area contributed by atoms with Crippen LogP contribution in [-0.2, 0) is 0 Å². The van der Waals surface area contributed by atoms with Gasteiger partial charge in [0.25, 0.3) is 0 Å². The lowest BCUT2D eigenvalue weighted by atomic mass is 10.1. The van der Waals surface area contributed by atoms with Crippen LogP contribution in [0.15, 0.2) is 24.3 Å². The topological polar surface area (TPSA) is 21.3 Å². The van der Waals surface area contributed by atoms with E-state index in [0.29, 0.717) is 5.92 Å². The molecular formula is C13H16F3NOS. The van der Waals surface area contributed by atoms with E-state index in [0.717, 1.165) is 12.2 Å². The molecule has 1 unspecified atom stereocenters. The van der Waals surface area contributed by atoms with Crippen molar-refractivity contribution in [1.82, 2.24) is 0 Å². The number of thioether (sulfide) groups is 1. The van der Waals surface area contributed by atoms with Gasteiger partial charge in [0.2, 0.25) is 0 Å². The van der Waals surface area contributed by atoms with Crippen LogP contribution in [0, 0.1) is 5.92 Å². The summed E-state index contributed by atoms with van der Waals surface area (Å²) in [5.74, 6) is 3.32. The second kappa shape index (κ2) is 6.41. The first-order valence-corrected chi connectivity index (χ1v) is 7.30. The van der Waals surface area contributed by atoms with Crippen molar-refractivity contribution in [1.29, 1.82) is 0 Å². The zero-order valence-corrected chi connectivity index (χ0v) is 11.2. The van der Waals surface area contributed by atoms with Crippen molar-refractivity contribution in [2.45, 2.75) is 12.6 Å². The highest BCUT2D eigenvalue weighted by molar-refractivity contribution is 7.99. The minimum atomic E-state index is -4.29. The van der Waals surface area contributed by atoms with Crippen LogP contribution in [-0.4, -0.2) is 30.8 Å². The number of hydrogen-bond acceptors (Lipinski definition) is 3. The summed E-state index contributed by atoms with van der Waals surface area (Å²) in [4.78, 5) is 0. The zero-order chi connectivity index (χ0) is 13.7. The van der Waals surface area contributed by atoms with Gasteiger partial charge in [0.1, 0.15) is 5.75 Å². The lowest BCUT2D eigenvalue weighted by molar-refractivity contribution is -0.153. The summed E-state index contributed by atoms with van der Waals surface area (Å²) < 4.78 is 40.6. The molecule has 0 saturated carbocycles. The van der Waals surface area contributed by atoms with E-state index < -0.39 is 12.8 Å². The third-order valence-corrected chi connectivity index (χ3v) is 4.11. The van der Waals surface area contributed by atoms with Gasteiger partial charge in [-0.3, -0.25) is 0 Å². The van der Waals surface area contributed by atoms with E-state index in [9.17, 15) is 13.2 Å². The molecule has 1 saturated heterocycles. The number of nitrogens with one attached hydrogen (secondary N) is 1. The highest BCUT2D eigenvalue weighted by Crippen LogP contribution is 2.24. The number of anilines is 1. The lowest BCUT2D eigenvalue weighted by Gasteiger charge is -2.12. The Balaban J connectivity index is 1.77. The zero-order valence-electron chi connectivity index (χ0n) is 10.4. The Morgan fingerprint density at radius 1 is 1.26 bits per heavy atom. The fourth-order valence-electron chi connectivity index (χ4n) is 1.84. The van der Waals surface area contributed by atoms with E-state index in [-0.39, 0.29) is 5.75 Å². The molecule has 0 amide bonds. The molecular weight excluding hydrogens is 275 g/mol. The number of halogens is 3. The van der Waals surface area contributed by atoms with Gasteiger partial charge in [-0.05, 0) is 48.1 Å². The van der Waals surface area contributed by atoms with Gasteiger partial charge < -0.3 is 10.1 Å². The number of ether oxygens (including phenoxy) is 1. The van der Waals surface area contributed by atoms with Crippen LogP contribution in [0.5, 0.6) is 5.75 Å². The standard InChI is InChI=1S/C13H16F3NOS/c14-13(15,16)9-18-12-3-1-11(2-4-12)17-7-10-5-6-19-8-10/h1-4,10,17H,5-9H2. The first kappa shape index (κ1) is 14.4. The third kappa shape index (κ3) is 5.22. The van der Waals surface area contributed by atoms with E-state index >= 15 is 0 Å². The van der Waals surface area contributed by atoms with Crippen molar-refractivity contribution in [3.05, 3.63) is 24.3 Å². The van der Waals surface area contributed by atoms with Crippen LogP contribution in [0.3, 0.4) is 0 Å². The average molecular weight is 291 g/mol. The molecule has 1 N–H and O–H groups in total. The minimum Gasteiger partial charge on any atom is -0.484 e. The first-order chi connectivity index (χ1) is 9.03. The monoisotopic (exact) mass is 291 g/mol. The molecule has 1 fully saturated rings. The smallest absolute Gasteiger partial charge is 0.422 e. The fraction of sp³-hybridized carbons (Fsp3) is 0.538. The molecule has 0 spiro atoms. The van der Waals surface area contributed by atoms with Gasteiger partial charge in [0.05, 0.1) is 0 Å². The largest absolute Gasteiger partial charge is 0.484 e. The maximum atomic E-state index is 12.0. The Bertz CT molecular complexity index is 388. The average Bonchev–Trinajstić information content (AvgIpc) is 2.87. The summed E-state index contributed by atoms with van der Waals surface area (Å²) in [7, 11) is 0. The van der Waals surface area contributed by atoms with Crippen molar-refractivity contribution in [3.63, 3.8) is 0 Å². The summed E-state index contributed by atoms with van der Waals surface area (Å²) >= 11 is 1.96. The van der Waals surface area contributed by atoms with Gasteiger partial charge in [0, 0.05) is 12.2 Å². The van der Waals surface area contributed by atoms with E-state index in [1.54, 1.807) is 24.3 Å². The summed E-state index contributed by atoms with van der Waals surface area (Å²) in [6, 6.07) is 6.59. The molecule has 1 aliphatic rings. The first-order valence-electron chi connectivity index (χ1n) is 6.14. The van der Waals surface area contributed by atoms with Gasteiger partial charge in [-0.1, -0.05) is 0 Å². The molecule has 1 aromatic carbocycles. The summed E-state index contributed by atoms with van der Waals surface area (Å²) in [6.07, 6.45) is -3.07. The molecule has 1 atom stereocenters. The SMILES string of the molecule is FC(F)(F)COc1ccc(NCC2CCSC2)cc1. The number of rotatable bonds is 5. The number of benzene rings is 1. The van der Waals surface area contributed by atoms with Crippen molar-refractivity contribution in [2.75, 3.05) is 30.0 Å². The van der Waals surface area contributed by atoms with Gasteiger partial charge >= 0.3 is 6.18 Å². The van der Waals surface area contributed by atoms with E-state index in [2.05, 4.69) is 10.1 Å². The molecule has 1 aromatic rings. The highest BCUT2D eigenvalue weighted by atomic mass is 32.2. The lowest BCUT2D eigenvalue weighted by Crippen LogP contribution is -2.19. The predicted molar refractivity (Wildman–Crippen MR) is 71.9 cm³/mol. The Morgan fingerprint density at radius 2 is 2.00 bits per heavy atom. The maximum absolute atomic E-state index is 12.0. The van der Waals surface area contributed by atoms with E-state index in [4.69, 9.17) is 0 Å². The minimum absolute atomic E-state index is 0.235. The van der Waals surface area contributed by atoms with Gasteiger partial charge in [0.15, 0.2) is 6.61 Å². The van der Waals surface area contributed by atoms with Crippen molar-refractivity contribution in [2.24, 2.45) is 5.92 Å². The Kier molecular flexibility index (Phi) is 4.85. The Morgan fingerprint density at radius 3 is 2.58 bits per heavy atom. The summed E-state index contributed by atoms with van der Waals surface area (Å²) in [5.41, 5.74) is 0.913. The molecule has 6 heteroatoms. The van der Waals surface area contributed by atoms with E-state index in [1.165, 1.54) is 17.9 Å². The van der Waals surface area contributed by atoms with Crippen LogP contribution in [0.4, 0.5) is 18.9 Å². The molecule has 0 radical (unpaired) electrons. The second-order valence-corrected chi connectivity index (χ2v) is 5.69. The molecule has 106 valence electrons. The van der Waals surface area contributed by atoms with Crippen LogP contribution in [0.1, 0.15) is 6.42 Å². The number of hydrogen-bond donors (Lipinski definition) is 1. The van der Waals surface area contributed by atoms with Crippen LogP contribution in [0.2, 0.25) is 0 Å². The van der Waals surface area contributed by atoms with Crippen LogP contribution < -0.4 is 10.1 Å². The van der Waals surface area contributed by atoms with Gasteiger partial charge in [-0.25, -0.2) is 0 Å². The normalized spacial score (nSPS) is 19.4. The fourth-order valence-corrected chi connectivity index (χ4v) is 3.13. The molecule has 1 aliphatic heterocycles. The quantitative estimate of drug-likeness (QED) is 0.891. The van der Waals surface area contributed by atoms with Crippen LogP contribution in [0.25, 0.3) is 0 Å². The van der Waals surface area contributed by atoms with Gasteiger partial charge in [-0.2, -0.15) is 24.9 Å². The Labute approximate surface area is 114 Å². The molecule has 19 heavy (non-hydrogen) atoms. The predicted octanol–water partition coefficient (Wildman–Crippen LogP) is 3.79. The molecule has 2 rings (SSSR count). The Hall–Kier alpha value is -1.04. The van der Waals surface area contributed by atoms with Crippen LogP contribution >= 0.6 is 11.8 Å². The van der Waals surface area contributed by atoms with Crippen molar-refractivity contribution >= 4 is 17.4 Å². The maximum Gasteiger partial charge on any atom is 0.422 e. The highest BCUT2D eigenvalue weighted by Gasteiger charge is 2.28. The molecule has 0 bridgehead atoms. The van der Waals surface area contributed by atoms with Crippen molar-refractivity contribution < 1.29 is 17.9 Å².